The maximum atomic E-state index is 12.6. The van der Waals surface area contributed by atoms with E-state index in [1.54, 1.807) is 12.1 Å². The summed E-state index contributed by atoms with van der Waals surface area (Å²) in [6.07, 6.45) is 4.19. The third kappa shape index (κ3) is 1.80. The van der Waals surface area contributed by atoms with Crippen molar-refractivity contribution >= 4 is 10.0 Å². The molecular formula is C14H17NO2S. The lowest BCUT2D eigenvalue weighted by molar-refractivity contribution is 0.376. The van der Waals surface area contributed by atoms with Gasteiger partial charge in [0.1, 0.15) is 0 Å². The highest BCUT2D eigenvalue weighted by molar-refractivity contribution is 7.89. The molecule has 2 aliphatic rings. The van der Waals surface area contributed by atoms with Crippen LogP contribution < -0.4 is 0 Å². The van der Waals surface area contributed by atoms with Gasteiger partial charge in [-0.1, -0.05) is 29.8 Å². The molecule has 0 bridgehead atoms. The van der Waals surface area contributed by atoms with E-state index in [0.717, 1.165) is 12.0 Å². The van der Waals surface area contributed by atoms with Crippen LogP contribution in [0.1, 0.15) is 19.8 Å². The minimum atomic E-state index is -3.47. The van der Waals surface area contributed by atoms with E-state index in [9.17, 15) is 8.42 Å². The zero-order chi connectivity index (χ0) is 13.6. The van der Waals surface area contributed by atoms with Crippen molar-refractivity contribution in [1.82, 2.24) is 4.31 Å². The van der Waals surface area contributed by atoms with E-state index >= 15 is 0 Å². The normalized spacial score (nSPS) is 32.5. The van der Waals surface area contributed by atoms with Crippen molar-refractivity contribution in [2.45, 2.75) is 30.7 Å². The predicted molar refractivity (Wildman–Crippen MR) is 70.7 cm³/mol. The van der Waals surface area contributed by atoms with Gasteiger partial charge in [-0.05, 0) is 37.8 Å². The highest BCUT2D eigenvalue weighted by atomic mass is 32.2. The smallest absolute Gasteiger partial charge is 0.207 e. The second kappa shape index (κ2) is 4.21. The van der Waals surface area contributed by atoms with Crippen LogP contribution in [-0.2, 0) is 10.0 Å². The summed E-state index contributed by atoms with van der Waals surface area (Å²) in [7, 11) is -3.47. The minimum Gasteiger partial charge on any atom is -0.207 e. The molecule has 0 N–H and O–H groups in total. The summed E-state index contributed by atoms with van der Waals surface area (Å²) in [5, 5.41) is 0. The van der Waals surface area contributed by atoms with Crippen LogP contribution in [0.2, 0.25) is 0 Å². The SMILES string of the molecule is [2H][C@H]1C=C[C@@H]2CCN(S(=O)(=O)c3ccc(C)cc3)[C@@H]21. The lowest BCUT2D eigenvalue weighted by atomic mass is 10.1. The van der Waals surface area contributed by atoms with E-state index in [1.807, 2.05) is 31.2 Å². The van der Waals surface area contributed by atoms with Gasteiger partial charge in [0.15, 0.2) is 0 Å². The molecule has 1 aliphatic heterocycles. The van der Waals surface area contributed by atoms with Crippen molar-refractivity contribution < 1.29 is 9.79 Å². The van der Waals surface area contributed by atoms with Gasteiger partial charge in [0, 0.05) is 14.0 Å². The molecule has 18 heavy (non-hydrogen) atoms. The average Bonchev–Trinajstić information content (AvgIpc) is 2.94. The Morgan fingerprint density at radius 3 is 2.78 bits per heavy atom. The van der Waals surface area contributed by atoms with Crippen LogP contribution in [0.25, 0.3) is 0 Å². The number of hydrogen-bond donors (Lipinski definition) is 0. The average molecular weight is 264 g/mol. The second-order valence-corrected chi connectivity index (χ2v) is 6.84. The van der Waals surface area contributed by atoms with Gasteiger partial charge in [0.05, 0.1) is 4.90 Å². The fourth-order valence-electron chi connectivity index (χ4n) is 2.71. The lowest BCUT2D eigenvalue weighted by Gasteiger charge is -2.23. The molecule has 0 aromatic heterocycles. The molecule has 0 unspecified atom stereocenters. The first-order valence-corrected chi connectivity index (χ1v) is 7.63. The number of nitrogens with zero attached hydrogens (tertiary/aromatic N) is 1. The summed E-state index contributed by atoms with van der Waals surface area (Å²) in [5.74, 6) is 0.211. The zero-order valence-corrected chi connectivity index (χ0v) is 11.1. The quantitative estimate of drug-likeness (QED) is 0.769. The molecule has 1 fully saturated rings. The summed E-state index contributed by atoms with van der Waals surface area (Å²) >= 11 is 0. The van der Waals surface area contributed by atoms with Crippen molar-refractivity contribution in [2.24, 2.45) is 5.92 Å². The molecule has 1 aromatic carbocycles. The van der Waals surface area contributed by atoms with Crippen molar-refractivity contribution in [3.8, 4) is 0 Å². The molecule has 0 radical (unpaired) electrons. The Hall–Kier alpha value is -1.13. The maximum absolute atomic E-state index is 12.6. The first kappa shape index (κ1) is 10.8. The number of hydrogen-bond acceptors (Lipinski definition) is 2. The third-order valence-electron chi connectivity index (χ3n) is 3.75. The molecular weight excluding hydrogens is 246 g/mol. The Morgan fingerprint density at radius 1 is 1.33 bits per heavy atom. The van der Waals surface area contributed by atoms with Gasteiger partial charge in [-0.25, -0.2) is 8.42 Å². The topological polar surface area (TPSA) is 37.4 Å². The van der Waals surface area contributed by atoms with Crippen molar-refractivity contribution in [2.75, 3.05) is 6.54 Å². The van der Waals surface area contributed by atoms with Crippen LogP contribution in [0.3, 0.4) is 0 Å². The van der Waals surface area contributed by atoms with E-state index < -0.39 is 16.4 Å². The Kier molecular flexibility index (Phi) is 2.52. The van der Waals surface area contributed by atoms with Gasteiger partial charge >= 0.3 is 0 Å². The molecule has 3 atom stereocenters. The van der Waals surface area contributed by atoms with Gasteiger partial charge in [0.2, 0.25) is 10.0 Å². The fraction of sp³-hybridized carbons (Fsp3) is 0.429. The number of sulfonamides is 1. The van der Waals surface area contributed by atoms with Gasteiger partial charge < -0.3 is 0 Å². The molecule has 0 amide bonds. The molecule has 3 rings (SSSR count). The van der Waals surface area contributed by atoms with Crippen LogP contribution in [0.4, 0.5) is 0 Å². The second-order valence-electron chi connectivity index (χ2n) is 4.95. The Bertz CT molecular complexity index is 609. The summed E-state index contributed by atoms with van der Waals surface area (Å²) in [5.41, 5.74) is 1.04. The lowest BCUT2D eigenvalue weighted by Crippen LogP contribution is -2.36. The van der Waals surface area contributed by atoms with Crippen LogP contribution in [0, 0.1) is 12.8 Å². The van der Waals surface area contributed by atoms with Crippen LogP contribution in [-0.4, -0.2) is 25.3 Å². The predicted octanol–water partition coefficient (Wildman–Crippen LogP) is 2.33. The van der Waals surface area contributed by atoms with Gasteiger partial charge in [-0.3, -0.25) is 0 Å². The van der Waals surface area contributed by atoms with Crippen LogP contribution in [0.5, 0.6) is 0 Å². The van der Waals surface area contributed by atoms with E-state index in [0.29, 0.717) is 11.4 Å². The molecule has 0 spiro atoms. The van der Waals surface area contributed by atoms with E-state index in [2.05, 4.69) is 0 Å². The number of benzene rings is 1. The van der Waals surface area contributed by atoms with Gasteiger partial charge in [0.25, 0.3) is 0 Å². The largest absolute Gasteiger partial charge is 0.243 e. The first-order valence-electron chi connectivity index (χ1n) is 6.77. The van der Waals surface area contributed by atoms with E-state index in [4.69, 9.17) is 1.37 Å². The van der Waals surface area contributed by atoms with Gasteiger partial charge in [-0.2, -0.15) is 4.31 Å². The van der Waals surface area contributed by atoms with Crippen LogP contribution >= 0.6 is 0 Å². The molecule has 1 aromatic rings. The monoisotopic (exact) mass is 264 g/mol. The standard InChI is InChI=1S/C14H17NO2S/c1-11-5-7-13(8-6-11)18(16,17)15-10-9-12-3-2-4-14(12)15/h2-3,5-8,12,14H,4,9-10H2,1H3/t12-,14-/m1/s1/i4D/t4-,12+,14+/m0. The van der Waals surface area contributed by atoms with Crippen LogP contribution in [0.15, 0.2) is 41.3 Å². The minimum absolute atomic E-state index is 0.211. The fourth-order valence-corrected chi connectivity index (χ4v) is 4.35. The zero-order valence-electron chi connectivity index (χ0n) is 11.3. The van der Waals surface area contributed by atoms with Crippen molar-refractivity contribution in [3.05, 3.63) is 42.0 Å². The molecule has 96 valence electrons. The number of aryl methyl sites for hydroxylation is 1. The van der Waals surface area contributed by atoms with E-state index in [-0.39, 0.29) is 12.0 Å². The molecule has 1 aliphatic carbocycles. The van der Waals surface area contributed by atoms with Crippen molar-refractivity contribution in [3.63, 3.8) is 0 Å². The highest BCUT2D eigenvalue weighted by Crippen LogP contribution is 2.36. The van der Waals surface area contributed by atoms with Crippen molar-refractivity contribution in [1.29, 1.82) is 0 Å². The molecule has 0 saturated carbocycles. The molecule has 3 nitrogen and oxygen atoms in total. The first-order chi connectivity index (χ1) is 9.00. The summed E-state index contributed by atoms with van der Waals surface area (Å²) in [4.78, 5) is 0.331. The summed E-state index contributed by atoms with van der Waals surface area (Å²) in [6, 6.07) is 6.71. The Balaban J connectivity index is 1.95. The summed E-state index contributed by atoms with van der Waals surface area (Å²) in [6.45, 7) is 2.45. The van der Waals surface area contributed by atoms with Gasteiger partial charge in [-0.15, -0.1) is 0 Å². The maximum Gasteiger partial charge on any atom is 0.243 e. The summed E-state index contributed by atoms with van der Waals surface area (Å²) < 4.78 is 34.8. The number of fused-ring (bicyclic) bond motifs is 1. The van der Waals surface area contributed by atoms with E-state index in [1.165, 1.54) is 4.31 Å². The third-order valence-corrected chi connectivity index (χ3v) is 5.66. The molecule has 1 saturated heterocycles. The molecule has 4 heteroatoms. The Morgan fingerprint density at radius 2 is 2.06 bits per heavy atom. The highest BCUT2D eigenvalue weighted by Gasteiger charge is 2.41. The molecule has 1 heterocycles. The Labute approximate surface area is 110 Å². The number of rotatable bonds is 2.